The number of esters is 1. The molecule has 7 rings (SSSR count). The number of alkyl halides is 3. The lowest BCUT2D eigenvalue weighted by molar-refractivity contribution is -0.275. The summed E-state index contributed by atoms with van der Waals surface area (Å²) >= 11 is 10.7. The molecule has 56 heavy (non-hydrogen) atoms. The molecule has 1 saturated heterocycles. The molecule has 3 heterocycles. The molecule has 11 nitrogen and oxygen atoms in total. The van der Waals surface area contributed by atoms with Crippen LogP contribution in [0.4, 0.5) is 17.6 Å². The van der Waals surface area contributed by atoms with Crippen molar-refractivity contribution in [2.24, 2.45) is 5.16 Å². The maximum Gasteiger partial charge on any atom is 1.00 e. The molecular weight excluding hydrogens is 827 g/mol. The Kier molecular flexibility index (Phi) is 16.7. The molecule has 302 valence electrons. The number of benzene rings is 4. The zero-order chi connectivity index (χ0) is 41.7. The predicted molar refractivity (Wildman–Crippen MR) is 200 cm³/mol. The Morgan fingerprint density at radius 3 is 2.00 bits per heavy atom. The van der Waals surface area contributed by atoms with Crippen LogP contribution in [0.5, 0.6) is 5.75 Å². The fraction of sp³-hybridized carbons (Fsp3) is 0.297. The van der Waals surface area contributed by atoms with Gasteiger partial charge in [-0.25, -0.2) is 12.8 Å². The largest absolute Gasteiger partial charge is 1.00 e. The zero-order valence-electron chi connectivity index (χ0n) is 30.9. The quantitative estimate of drug-likeness (QED) is 0.0683. The molecular formula is C37H36Cl2F4N2O9S2. The van der Waals surface area contributed by atoms with Crippen molar-refractivity contribution in [3.63, 3.8) is 0 Å². The maximum absolute atomic E-state index is 14.2. The Morgan fingerprint density at radius 2 is 1.54 bits per heavy atom. The van der Waals surface area contributed by atoms with Gasteiger partial charge < -0.3 is 24.2 Å². The molecule has 1 spiro atoms. The molecule has 0 aliphatic carbocycles. The Balaban J connectivity index is 0.000000341. The molecule has 1 fully saturated rings. The van der Waals surface area contributed by atoms with E-state index in [1.165, 1.54) is 24.3 Å². The SMILES string of the molecule is CC.CCC(=O)Oc1ccccc1.Fc1c(Cl)cc([C@]2(C(F)(F)F)CC(c3ccc4c(c3)C3(CNC3)OC4)=NO2)cc1Cl.O=S(=O)([O-])c1ccccc1.O=S=O.[H+]. The van der Waals surface area contributed by atoms with E-state index in [2.05, 4.69) is 10.5 Å². The number of hydrogen-bond donors (Lipinski definition) is 1. The lowest BCUT2D eigenvalue weighted by Crippen LogP contribution is -2.56. The predicted octanol–water partition coefficient (Wildman–Crippen LogP) is 8.10. The van der Waals surface area contributed by atoms with E-state index in [0.29, 0.717) is 37.4 Å². The molecule has 0 bridgehead atoms. The van der Waals surface area contributed by atoms with Crippen LogP contribution in [0.1, 0.15) is 57.3 Å². The number of hydrogen-bond acceptors (Lipinski definition) is 11. The van der Waals surface area contributed by atoms with E-state index in [4.69, 9.17) is 45.9 Å². The lowest BCUT2D eigenvalue weighted by Gasteiger charge is -2.39. The molecule has 1 atom stereocenters. The van der Waals surface area contributed by atoms with Crippen molar-refractivity contribution in [3.8, 4) is 5.75 Å². The van der Waals surface area contributed by atoms with Crippen molar-refractivity contribution in [2.75, 3.05) is 13.1 Å². The summed E-state index contributed by atoms with van der Waals surface area (Å²) in [4.78, 5) is 15.6. The van der Waals surface area contributed by atoms with Crippen molar-refractivity contribution in [1.29, 1.82) is 0 Å². The molecule has 0 amide bonds. The van der Waals surface area contributed by atoms with Gasteiger partial charge in [0.2, 0.25) is 0 Å². The van der Waals surface area contributed by atoms with Gasteiger partial charge in [-0.3, -0.25) is 4.79 Å². The summed E-state index contributed by atoms with van der Waals surface area (Å²) < 4.78 is 114. The average molecular weight is 864 g/mol. The molecule has 1 N–H and O–H groups in total. The van der Waals surface area contributed by atoms with Gasteiger partial charge in [-0.2, -0.15) is 21.6 Å². The number of oxime groups is 1. The Labute approximate surface area is 335 Å². The standard InChI is InChI=1S/C20H14Cl2F4N2O2.C9H10O2.C6H6O3S.C2H6.O2S/c21-14-4-12(5-15(22)17(14)23)19(20(24,25)26)6-16(28-30-19)10-1-2-11-7-29-18(8-27-9-18)13(11)3-10;1-2-9(10)11-8-6-4-3-5-7-8;7-10(8,9)6-4-2-1-3-5-6;1-2;1-3-2/h1-5,27H,6-9H2;3-7H,2H2,1H3;1-5H,(H,7,8,9);1-2H3;/t19-;;;;/m0..../s1. The molecule has 0 aromatic heterocycles. The van der Waals surface area contributed by atoms with Gasteiger partial charge in [-0.15, -0.1) is 0 Å². The number of nitrogens with one attached hydrogen (secondary N) is 1. The minimum atomic E-state index is -4.85. The summed E-state index contributed by atoms with van der Waals surface area (Å²) in [6.07, 6.45) is -5.03. The van der Waals surface area contributed by atoms with Crippen LogP contribution in [0.15, 0.2) is 101 Å². The number of ether oxygens (including phenoxy) is 2. The van der Waals surface area contributed by atoms with Gasteiger partial charge in [0.15, 0.2) is 5.82 Å². The van der Waals surface area contributed by atoms with E-state index in [1.807, 2.05) is 44.2 Å². The van der Waals surface area contributed by atoms with Gasteiger partial charge in [0.05, 0.1) is 27.3 Å². The zero-order valence-corrected chi connectivity index (χ0v) is 33.0. The highest BCUT2D eigenvalue weighted by Crippen LogP contribution is 2.50. The van der Waals surface area contributed by atoms with Gasteiger partial charge in [0, 0.05) is 31.5 Å². The lowest BCUT2D eigenvalue weighted by atomic mass is 9.83. The molecule has 3 aliphatic heterocycles. The molecule has 3 aliphatic rings. The third-order valence-electron chi connectivity index (χ3n) is 8.19. The van der Waals surface area contributed by atoms with Crippen molar-refractivity contribution in [2.45, 2.75) is 62.5 Å². The first-order valence-corrected chi connectivity index (χ1v) is 19.5. The number of rotatable bonds is 5. The number of carbonyl (C=O) groups excluding carboxylic acids is 1. The van der Waals surface area contributed by atoms with Crippen LogP contribution in [-0.2, 0) is 53.9 Å². The fourth-order valence-corrected chi connectivity index (χ4v) is 6.35. The first-order valence-electron chi connectivity index (χ1n) is 16.6. The van der Waals surface area contributed by atoms with Crippen molar-refractivity contribution in [3.05, 3.63) is 129 Å². The van der Waals surface area contributed by atoms with Crippen molar-refractivity contribution in [1.82, 2.24) is 5.32 Å². The molecule has 0 radical (unpaired) electrons. The summed E-state index contributed by atoms with van der Waals surface area (Å²) in [5.74, 6) is -0.577. The van der Waals surface area contributed by atoms with Gasteiger partial charge in [-0.1, -0.05) is 97.7 Å². The summed E-state index contributed by atoms with van der Waals surface area (Å²) in [5, 5.41) is 5.88. The second-order valence-corrected chi connectivity index (χ2v) is 13.9. The molecule has 0 saturated carbocycles. The number of fused-ring (bicyclic) bond motifs is 2. The van der Waals surface area contributed by atoms with Crippen LogP contribution in [0, 0.1) is 5.82 Å². The summed E-state index contributed by atoms with van der Waals surface area (Å²) in [7, 11) is -4.25. The third-order valence-corrected chi connectivity index (χ3v) is 9.59. The number of halogens is 6. The second-order valence-electron chi connectivity index (χ2n) is 11.6. The topological polar surface area (TPSA) is 160 Å². The maximum atomic E-state index is 14.2. The Morgan fingerprint density at radius 1 is 0.982 bits per heavy atom. The van der Waals surface area contributed by atoms with Crippen LogP contribution in [0.25, 0.3) is 0 Å². The number of nitrogens with zero attached hydrogens (tertiary/aromatic N) is 1. The van der Waals surface area contributed by atoms with E-state index in [-0.39, 0.29) is 18.0 Å². The summed E-state index contributed by atoms with van der Waals surface area (Å²) in [6.45, 7) is 7.52. The van der Waals surface area contributed by atoms with E-state index in [1.54, 1.807) is 31.2 Å². The Bertz CT molecular complexity index is 2120. The van der Waals surface area contributed by atoms with Gasteiger partial charge >= 0.3 is 25.1 Å². The fourth-order valence-electron chi connectivity index (χ4n) is 5.37. The minimum Gasteiger partial charge on any atom is -0.744 e. The van der Waals surface area contributed by atoms with Crippen LogP contribution in [0.2, 0.25) is 10.0 Å². The average Bonchev–Trinajstić information content (AvgIpc) is 3.80. The highest BCUT2D eigenvalue weighted by Gasteiger charge is 2.62. The first kappa shape index (κ1) is 46.2. The normalized spacial score (nSPS) is 17.2. The molecule has 4 aromatic carbocycles. The van der Waals surface area contributed by atoms with Crippen LogP contribution >= 0.6 is 23.2 Å². The van der Waals surface area contributed by atoms with Crippen LogP contribution < -0.4 is 10.1 Å². The van der Waals surface area contributed by atoms with Crippen LogP contribution in [-0.4, -0.2) is 52.3 Å². The molecule has 0 unspecified atom stereocenters. The van der Waals surface area contributed by atoms with E-state index >= 15 is 0 Å². The monoisotopic (exact) mass is 862 g/mol. The second kappa shape index (κ2) is 20.3. The molecule has 19 heteroatoms. The Hall–Kier alpha value is -4.23. The van der Waals surface area contributed by atoms with E-state index in [9.17, 15) is 35.3 Å². The van der Waals surface area contributed by atoms with Gasteiger partial charge in [-0.05, 0) is 59.2 Å². The number of carbonyl (C=O) groups is 1. The smallest absolute Gasteiger partial charge is 0.744 e. The van der Waals surface area contributed by atoms with Crippen molar-refractivity contribution < 1.29 is 59.5 Å². The third kappa shape index (κ3) is 11.2. The number of para-hydroxylation sites is 1. The molecule has 4 aromatic rings. The van der Waals surface area contributed by atoms with Gasteiger partial charge in [0.25, 0.3) is 5.60 Å². The first-order chi connectivity index (χ1) is 26.5. The minimum absolute atomic E-state index is 0. The van der Waals surface area contributed by atoms with E-state index < -0.39 is 66.9 Å². The highest BCUT2D eigenvalue weighted by atomic mass is 35.5. The van der Waals surface area contributed by atoms with Gasteiger partial charge in [0.1, 0.15) is 21.5 Å². The van der Waals surface area contributed by atoms with E-state index in [0.717, 1.165) is 23.3 Å². The highest BCUT2D eigenvalue weighted by molar-refractivity contribution is 7.85. The van der Waals surface area contributed by atoms with Crippen molar-refractivity contribution >= 4 is 56.6 Å². The summed E-state index contributed by atoms with van der Waals surface area (Å²) in [6, 6.07) is 23.3. The van der Waals surface area contributed by atoms with Crippen LogP contribution in [0.3, 0.4) is 0 Å². The summed E-state index contributed by atoms with van der Waals surface area (Å²) in [5.41, 5.74) is -1.08.